The van der Waals surface area contributed by atoms with Crippen molar-refractivity contribution in [1.82, 2.24) is 0 Å². The molecule has 0 bridgehead atoms. The van der Waals surface area contributed by atoms with E-state index in [1.165, 1.54) is 30.4 Å². The molecule has 0 spiro atoms. The predicted octanol–water partition coefficient (Wildman–Crippen LogP) is 6.02. The standard InChI is InChI=1S/C14H16S5/c1-16-10-5-8-6-12(18-3)14(19-4)13(15)9(8)7-11(10)17-2/h5-7,15H,1-4H3. The van der Waals surface area contributed by atoms with Crippen LogP contribution in [0.1, 0.15) is 0 Å². The van der Waals surface area contributed by atoms with Crippen molar-refractivity contribution in [3.63, 3.8) is 0 Å². The largest absolute Gasteiger partial charge is 0.142 e. The molecular weight excluding hydrogens is 328 g/mol. The Kier molecular flexibility index (Phi) is 5.78. The molecule has 0 heterocycles. The number of benzene rings is 2. The Morgan fingerprint density at radius 2 is 1.26 bits per heavy atom. The molecule has 5 heteroatoms. The third-order valence-electron chi connectivity index (χ3n) is 2.96. The van der Waals surface area contributed by atoms with Gasteiger partial charge >= 0.3 is 0 Å². The molecule has 0 aliphatic heterocycles. The van der Waals surface area contributed by atoms with Crippen LogP contribution in [0.4, 0.5) is 0 Å². The van der Waals surface area contributed by atoms with E-state index in [0.717, 1.165) is 4.90 Å². The first-order chi connectivity index (χ1) is 9.15. The molecule has 2 aromatic rings. The summed E-state index contributed by atoms with van der Waals surface area (Å²) in [6, 6.07) is 6.85. The smallest absolute Gasteiger partial charge is 0.0345 e. The average Bonchev–Trinajstić information content (AvgIpc) is 2.45. The highest BCUT2D eigenvalue weighted by Crippen LogP contribution is 2.42. The molecule has 2 aromatic carbocycles. The summed E-state index contributed by atoms with van der Waals surface area (Å²) >= 11 is 11.9. The molecule has 0 aliphatic rings. The van der Waals surface area contributed by atoms with Crippen molar-refractivity contribution in [1.29, 1.82) is 0 Å². The van der Waals surface area contributed by atoms with Gasteiger partial charge in [-0.25, -0.2) is 0 Å². The van der Waals surface area contributed by atoms with Crippen LogP contribution in [0.2, 0.25) is 0 Å². The van der Waals surface area contributed by atoms with Gasteiger partial charge in [-0.05, 0) is 54.0 Å². The first-order valence-corrected chi connectivity index (χ1v) is 11.0. The molecule has 0 saturated heterocycles. The van der Waals surface area contributed by atoms with E-state index in [0.29, 0.717) is 0 Å². The first kappa shape index (κ1) is 15.8. The van der Waals surface area contributed by atoms with Crippen LogP contribution in [0.15, 0.2) is 42.7 Å². The first-order valence-electron chi connectivity index (χ1n) is 5.66. The molecule has 0 aromatic heterocycles. The summed E-state index contributed by atoms with van der Waals surface area (Å²) in [5.74, 6) is 0. The van der Waals surface area contributed by atoms with Gasteiger partial charge in [0.25, 0.3) is 0 Å². The van der Waals surface area contributed by atoms with Crippen LogP contribution in [-0.4, -0.2) is 25.0 Å². The summed E-state index contributed by atoms with van der Waals surface area (Å²) < 4.78 is 0. The van der Waals surface area contributed by atoms with Crippen molar-refractivity contribution < 1.29 is 0 Å². The van der Waals surface area contributed by atoms with Crippen LogP contribution < -0.4 is 0 Å². The molecule has 102 valence electrons. The third-order valence-corrected chi connectivity index (χ3v) is 6.98. The van der Waals surface area contributed by atoms with Gasteiger partial charge in [0.2, 0.25) is 0 Å². The average molecular weight is 345 g/mol. The maximum atomic E-state index is 4.77. The molecule has 0 fully saturated rings. The van der Waals surface area contributed by atoms with E-state index in [-0.39, 0.29) is 0 Å². The van der Waals surface area contributed by atoms with E-state index in [4.69, 9.17) is 12.6 Å². The maximum absolute atomic E-state index is 4.77. The number of rotatable bonds is 4. The maximum Gasteiger partial charge on any atom is 0.0345 e. The van der Waals surface area contributed by atoms with Gasteiger partial charge in [0.1, 0.15) is 0 Å². The Hall–Kier alpha value is 0.450. The SMILES string of the molecule is CSc1cc2cc(SC)c(SC)c(S)c2cc1SC. The van der Waals surface area contributed by atoms with E-state index in [9.17, 15) is 0 Å². The van der Waals surface area contributed by atoms with E-state index in [1.54, 1.807) is 47.0 Å². The molecule has 0 amide bonds. The van der Waals surface area contributed by atoms with E-state index in [1.807, 2.05) is 0 Å². The lowest BCUT2D eigenvalue weighted by atomic mass is 10.1. The number of fused-ring (bicyclic) bond motifs is 1. The fourth-order valence-corrected chi connectivity index (χ4v) is 5.77. The number of thioether (sulfide) groups is 4. The van der Waals surface area contributed by atoms with Crippen molar-refractivity contribution in [2.24, 2.45) is 0 Å². The lowest BCUT2D eigenvalue weighted by Gasteiger charge is -2.14. The molecule has 19 heavy (non-hydrogen) atoms. The van der Waals surface area contributed by atoms with E-state index >= 15 is 0 Å². The summed E-state index contributed by atoms with van der Waals surface area (Å²) in [5, 5.41) is 2.54. The molecule has 0 nitrogen and oxygen atoms in total. The lowest BCUT2D eigenvalue weighted by molar-refractivity contribution is 1.15. The Labute approximate surface area is 137 Å². The van der Waals surface area contributed by atoms with Gasteiger partial charge < -0.3 is 0 Å². The Morgan fingerprint density at radius 1 is 0.737 bits per heavy atom. The minimum atomic E-state index is 1.11. The highest BCUT2D eigenvalue weighted by molar-refractivity contribution is 8.02. The summed E-state index contributed by atoms with van der Waals surface area (Å²) in [6.07, 6.45) is 8.51. The highest BCUT2D eigenvalue weighted by atomic mass is 32.2. The molecule has 0 unspecified atom stereocenters. The molecular formula is C14H16S5. The molecule has 0 aliphatic carbocycles. The Bertz CT molecular complexity index is 601. The fraction of sp³-hybridized carbons (Fsp3) is 0.286. The molecule has 2 rings (SSSR count). The third kappa shape index (κ3) is 3.05. The van der Waals surface area contributed by atoms with Crippen molar-refractivity contribution in [3.05, 3.63) is 18.2 Å². The summed E-state index contributed by atoms with van der Waals surface area (Å²) in [6.45, 7) is 0. The summed E-state index contributed by atoms with van der Waals surface area (Å²) in [4.78, 5) is 6.38. The van der Waals surface area contributed by atoms with Crippen LogP contribution in [0.3, 0.4) is 0 Å². The normalized spacial score (nSPS) is 11.2. The Balaban J connectivity index is 2.80. The van der Waals surface area contributed by atoms with E-state index in [2.05, 4.69) is 43.2 Å². The van der Waals surface area contributed by atoms with Crippen LogP contribution >= 0.6 is 59.7 Å². The van der Waals surface area contributed by atoms with Crippen molar-refractivity contribution >= 4 is 70.4 Å². The monoisotopic (exact) mass is 344 g/mol. The topological polar surface area (TPSA) is 0 Å². The zero-order chi connectivity index (χ0) is 14.0. The van der Waals surface area contributed by atoms with Gasteiger partial charge in [0.05, 0.1) is 0 Å². The van der Waals surface area contributed by atoms with Crippen LogP contribution in [0.5, 0.6) is 0 Å². The van der Waals surface area contributed by atoms with Gasteiger partial charge in [-0.1, -0.05) is 0 Å². The Morgan fingerprint density at radius 3 is 1.79 bits per heavy atom. The molecule has 0 N–H and O–H groups in total. The molecule has 0 saturated carbocycles. The minimum Gasteiger partial charge on any atom is -0.142 e. The fourth-order valence-electron chi connectivity index (χ4n) is 2.01. The van der Waals surface area contributed by atoms with Crippen LogP contribution in [0.25, 0.3) is 10.8 Å². The highest BCUT2D eigenvalue weighted by Gasteiger charge is 2.12. The second-order valence-electron chi connectivity index (χ2n) is 3.89. The van der Waals surface area contributed by atoms with Crippen LogP contribution in [-0.2, 0) is 0 Å². The number of thiol groups is 1. The molecule has 0 radical (unpaired) electrons. The van der Waals surface area contributed by atoms with Gasteiger partial charge in [-0.15, -0.1) is 59.7 Å². The van der Waals surface area contributed by atoms with Gasteiger partial charge in [0, 0.05) is 24.5 Å². The second kappa shape index (κ2) is 6.94. The quantitative estimate of drug-likeness (QED) is 0.532. The zero-order valence-electron chi connectivity index (χ0n) is 11.3. The van der Waals surface area contributed by atoms with Crippen molar-refractivity contribution in [2.75, 3.05) is 25.0 Å². The van der Waals surface area contributed by atoms with E-state index < -0.39 is 0 Å². The second-order valence-corrected chi connectivity index (χ2v) is 7.70. The zero-order valence-corrected chi connectivity index (χ0v) is 15.5. The van der Waals surface area contributed by atoms with Gasteiger partial charge in [0.15, 0.2) is 0 Å². The number of hydrogen-bond acceptors (Lipinski definition) is 5. The predicted molar refractivity (Wildman–Crippen MR) is 98.3 cm³/mol. The minimum absolute atomic E-state index is 1.11. The van der Waals surface area contributed by atoms with Gasteiger partial charge in [-0.3, -0.25) is 0 Å². The van der Waals surface area contributed by atoms with Crippen molar-refractivity contribution in [2.45, 2.75) is 24.5 Å². The summed E-state index contributed by atoms with van der Waals surface area (Å²) in [5.41, 5.74) is 0. The van der Waals surface area contributed by atoms with Crippen molar-refractivity contribution in [3.8, 4) is 0 Å². The van der Waals surface area contributed by atoms with Gasteiger partial charge in [-0.2, -0.15) is 0 Å². The lowest BCUT2D eigenvalue weighted by Crippen LogP contribution is -1.87. The number of hydrogen-bond donors (Lipinski definition) is 1. The van der Waals surface area contributed by atoms with Crippen LogP contribution in [0, 0.1) is 0 Å². The summed E-state index contributed by atoms with van der Waals surface area (Å²) in [7, 11) is 0. The molecule has 0 atom stereocenters.